The molecule has 1 aromatic carbocycles. The first-order chi connectivity index (χ1) is 5.79. The molecule has 12 heavy (non-hydrogen) atoms. The average molecular weight is 187 g/mol. The molecular formula is C7H9NO3S. The third-order valence-corrected chi connectivity index (χ3v) is 1.54. The van der Waals surface area contributed by atoms with Gasteiger partial charge in [-0.3, -0.25) is 0 Å². The van der Waals surface area contributed by atoms with Crippen molar-refractivity contribution in [2.45, 2.75) is 6.54 Å². The molecular weight excluding hydrogens is 178 g/mol. The van der Waals surface area contributed by atoms with Crippen molar-refractivity contribution in [2.75, 3.05) is 0 Å². The van der Waals surface area contributed by atoms with Gasteiger partial charge in [-0.25, -0.2) is 8.42 Å². The van der Waals surface area contributed by atoms with Gasteiger partial charge < -0.3 is 0 Å². The maximum atomic E-state index is 9.94. The summed E-state index contributed by atoms with van der Waals surface area (Å²) in [5, 5.41) is 0. The molecule has 0 heterocycles. The van der Waals surface area contributed by atoms with Gasteiger partial charge in [-0.2, -0.15) is 9.76 Å². The maximum absolute atomic E-state index is 9.94. The van der Waals surface area contributed by atoms with Crippen LogP contribution in [0.1, 0.15) is 5.56 Å². The summed E-state index contributed by atoms with van der Waals surface area (Å²) in [5.41, 5.74) is 3.27. The molecule has 0 atom stereocenters. The van der Waals surface area contributed by atoms with Crippen molar-refractivity contribution in [3.8, 4) is 0 Å². The Hall–Kier alpha value is -0.910. The number of benzene rings is 1. The molecule has 0 aliphatic rings. The molecule has 66 valence electrons. The van der Waals surface area contributed by atoms with Crippen molar-refractivity contribution in [2.24, 2.45) is 0 Å². The molecule has 0 aliphatic carbocycles. The second-order valence-electron chi connectivity index (χ2n) is 2.12. The van der Waals surface area contributed by atoms with Gasteiger partial charge in [-0.05, 0) is 5.56 Å². The zero-order chi connectivity index (χ0) is 8.81. The van der Waals surface area contributed by atoms with Crippen LogP contribution in [0.4, 0.5) is 0 Å². The predicted octanol–water partition coefficient (Wildman–Crippen LogP) is 0.234. The summed E-state index contributed by atoms with van der Waals surface area (Å²) < 4.78 is 24.0. The second kappa shape index (κ2) is 4.87. The van der Waals surface area contributed by atoms with E-state index in [0.717, 1.165) is 5.56 Å². The molecule has 1 rings (SSSR count). The molecule has 1 N–H and O–H groups in total. The van der Waals surface area contributed by atoms with Gasteiger partial charge in [-0.1, -0.05) is 30.3 Å². The first-order valence-electron chi connectivity index (χ1n) is 3.37. The first kappa shape index (κ1) is 9.18. The van der Waals surface area contributed by atoms with Gasteiger partial charge in [0.05, 0.1) is 0 Å². The monoisotopic (exact) mass is 187 g/mol. The Morgan fingerprint density at radius 2 is 1.92 bits per heavy atom. The van der Waals surface area contributed by atoms with Crippen LogP contribution in [0.3, 0.4) is 0 Å². The Balaban J connectivity index is 2.34. The van der Waals surface area contributed by atoms with E-state index in [2.05, 4.69) is 9.76 Å². The number of nitrogens with one attached hydrogen (secondary N) is 1. The van der Waals surface area contributed by atoms with Gasteiger partial charge in [0.25, 0.3) is 11.0 Å². The smallest absolute Gasteiger partial charge is 0.201 e. The van der Waals surface area contributed by atoms with Crippen molar-refractivity contribution >= 4 is 11.0 Å². The normalized spacial score (nSPS) is 10.4. The standard InChI is InChI=1S/C7H9NO3S/c9-12(10)11-8-6-7-4-2-1-3-5-7/h1-5,8,12H,6H2. The maximum Gasteiger partial charge on any atom is 0.273 e. The molecule has 0 radical (unpaired) electrons. The minimum Gasteiger partial charge on any atom is -0.201 e. The molecule has 0 spiro atoms. The zero-order valence-corrected chi connectivity index (χ0v) is 7.16. The second-order valence-corrected chi connectivity index (χ2v) is 2.75. The highest BCUT2D eigenvalue weighted by Crippen LogP contribution is 1.96. The molecule has 0 aliphatic heterocycles. The number of rotatable bonds is 4. The van der Waals surface area contributed by atoms with Gasteiger partial charge >= 0.3 is 0 Å². The van der Waals surface area contributed by atoms with Crippen molar-refractivity contribution < 1.29 is 12.7 Å². The van der Waals surface area contributed by atoms with E-state index >= 15 is 0 Å². The summed E-state index contributed by atoms with van der Waals surface area (Å²) in [7, 11) is -2.81. The summed E-state index contributed by atoms with van der Waals surface area (Å²) in [4.78, 5) is 0. The Kier molecular flexibility index (Phi) is 3.72. The van der Waals surface area contributed by atoms with E-state index in [1.807, 2.05) is 30.3 Å². The summed E-state index contributed by atoms with van der Waals surface area (Å²) >= 11 is 0. The topological polar surface area (TPSA) is 55.4 Å². The van der Waals surface area contributed by atoms with Crippen LogP contribution >= 0.6 is 0 Å². The molecule has 0 saturated carbocycles. The van der Waals surface area contributed by atoms with Gasteiger partial charge in [0, 0.05) is 6.54 Å². The fraction of sp³-hybridized carbons (Fsp3) is 0.143. The number of hydrogen-bond donors (Lipinski definition) is 2. The molecule has 0 saturated heterocycles. The fourth-order valence-corrected chi connectivity index (χ4v) is 0.934. The van der Waals surface area contributed by atoms with Crippen molar-refractivity contribution in [1.82, 2.24) is 5.48 Å². The predicted molar refractivity (Wildman–Crippen MR) is 44.7 cm³/mol. The third kappa shape index (κ3) is 3.47. The Bertz CT molecular complexity index is 289. The van der Waals surface area contributed by atoms with Crippen LogP contribution in [-0.2, 0) is 21.8 Å². The molecule has 5 heteroatoms. The largest absolute Gasteiger partial charge is 0.273 e. The molecule has 0 unspecified atom stereocenters. The highest BCUT2D eigenvalue weighted by atomic mass is 32.2. The average Bonchev–Trinajstić information content (AvgIpc) is 2.05. The SMILES string of the molecule is O=[SH](=O)ONCc1ccccc1. The molecule has 4 nitrogen and oxygen atoms in total. The lowest BCUT2D eigenvalue weighted by Gasteiger charge is -1.98. The molecule has 1 aromatic rings. The summed E-state index contributed by atoms with van der Waals surface area (Å²) in [6, 6.07) is 9.36. The van der Waals surface area contributed by atoms with Gasteiger partial charge in [-0.15, -0.1) is 0 Å². The summed E-state index contributed by atoms with van der Waals surface area (Å²) in [6.45, 7) is 0.379. The quantitative estimate of drug-likeness (QED) is 0.523. The van der Waals surface area contributed by atoms with E-state index in [1.54, 1.807) is 0 Å². The highest BCUT2D eigenvalue weighted by Gasteiger charge is 1.89. The van der Waals surface area contributed by atoms with Gasteiger partial charge in [0.1, 0.15) is 0 Å². The van der Waals surface area contributed by atoms with E-state index in [0.29, 0.717) is 6.54 Å². The van der Waals surface area contributed by atoms with E-state index in [1.165, 1.54) is 0 Å². The number of hydroxylamine groups is 1. The van der Waals surface area contributed by atoms with Crippen molar-refractivity contribution in [1.29, 1.82) is 0 Å². The van der Waals surface area contributed by atoms with Crippen LogP contribution in [0.15, 0.2) is 30.3 Å². The van der Waals surface area contributed by atoms with E-state index < -0.39 is 11.0 Å². The lowest BCUT2D eigenvalue weighted by Crippen LogP contribution is -2.12. The molecule has 0 aromatic heterocycles. The van der Waals surface area contributed by atoms with Crippen LogP contribution < -0.4 is 5.48 Å². The van der Waals surface area contributed by atoms with Gasteiger partial charge in [0.2, 0.25) is 0 Å². The van der Waals surface area contributed by atoms with Crippen LogP contribution in [0.2, 0.25) is 0 Å². The summed E-state index contributed by atoms with van der Waals surface area (Å²) in [5.74, 6) is 0. The molecule has 0 amide bonds. The third-order valence-electron chi connectivity index (χ3n) is 1.26. The number of hydrogen-bond acceptors (Lipinski definition) is 4. The van der Waals surface area contributed by atoms with Crippen LogP contribution in [-0.4, -0.2) is 8.42 Å². The molecule has 0 fully saturated rings. The van der Waals surface area contributed by atoms with Crippen LogP contribution in [0, 0.1) is 0 Å². The minimum absolute atomic E-state index is 0.379. The fourth-order valence-electron chi connectivity index (χ4n) is 0.764. The van der Waals surface area contributed by atoms with Crippen LogP contribution in [0.25, 0.3) is 0 Å². The number of thiol groups is 1. The van der Waals surface area contributed by atoms with Crippen molar-refractivity contribution in [3.05, 3.63) is 35.9 Å². The summed E-state index contributed by atoms with van der Waals surface area (Å²) in [6.07, 6.45) is 0. The Morgan fingerprint density at radius 1 is 1.25 bits per heavy atom. The van der Waals surface area contributed by atoms with Gasteiger partial charge in [0.15, 0.2) is 0 Å². The van der Waals surface area contributed by atoms with Crippen LogP contribution in [0.5, 0.6) is 0 Å². The Morgan fingerprint density at radius 3 is 2.50 bits per heavy atom. The van der Waals surface area contributed by atoms with E-state index in [4.69, 9.17) is 0 Å². The lowest BCUT2D eigenvalue weighted by atomic mass is 10.2. The Labute approximate surface area is 72.3 Å². The highest BCUT2D eigenvalue weighted by molar-refractivity contribution is 7.67. The van der Waals surface area contributed by atoms with E-state index in [9.17, 15) is 8.42 Å². The molecule has 0 bridgehead atoms. The lowest BCUT2D eigenvalue weighted by molar-refractivity contribution is 0.209. The van der Waals surface area contributed by atoms with Crippen molar-refractivity contribution in [3.63, 3.8) is 0 Å². The van der Waals surface area contributed by atoms with E-state index in [-0.39, 0.29) is 0 Å². The zero-order valence-electron chi connectivity index (χ0n) is 6.27. The first-order valence-corrected chi connectivity index (χ1v) is 4.47. The minimum atomic E-state index is -2.81.